The van der Waals surface area contributed by atoms with Crippen molar-refractivity contribution in [2.45, 2.75) is 25.8 Å². The molecule has 0 atom stereocenters. The van der Waals surface area contributed by atoms with E-state index < -0.39 is 0 Å². The Balaban J connectivity index is 2.03. The summed E-state index contributed by atoms with van der Waals surface area (Å²) in [6.07, 6.45) is 2.15. The minimum atomic E-state index is -0.0505. The maximum atomic E-state index is 11.9. The van der Waals surface area contributed by atoms with Gasteiger partial charge in [0, 0.05) is 6.04 Å². The molecule has 2 rings (SSSR count). The van der Waals surface area contributed by atoms with Crippen molar-refractivity contribution in [2.24, 2.45) is 11.8 Å². The Kier molecular flexibility index (Phi) is 3.10. The molecule has 1 aliphatic rings. The van der Waals surface area contributed by atoms with Crippen LogP contribution in [0.15, 0.2) is 24.3 Å². The minimum Gasteiger partial charge on any atom is -0.349 e. The smallest absolute Gasteiger partial charge is 0.253 e. The molecule has 1 amide bonds. The normalized spacial score (nSPS) is 23.4. The molecule has 0 heterocycles. The fourth-order valence-electron chi connectivity index (χ4n) is 2.09. The Morgan fingerprint density at radius 3 is 2.69 bits per heavy atom. The van der Waals surface area contributed by atoms with Crippen molar-refractivity contribution in [3.8, 4) is 0 Å². The summed E-state index contributed by atoms with van der Waals surface area (Å²) in [5.74, 6) is 6.04. The third-order valence-corrected chi connectivity index (χ3v) is 3.04. The van der Waals surface area contributed by atoms with Crippen molar-refractivity contribution in [1.29, 1.82) is 0 Å². The summed E-state index contributed by atoms with van der Waals surface area (Å²) < 4.78 is 0. The molecule has 1 fully saturated rings. The van der Waals surface area contributed by atoms with Crippen molar-refractivity contribution in [1.82, 2.24) is 5.32 Å². The molecule has 0 saturated heterocycles. The summed E-state index contributed by atoms with van der Waals surface area (Å²) in [4.78, 5) is 11.9. The number of carbonyl (C=O) groups excluding carboxylic acids is 1. The van der Waals surface area contributed by atoms with Gasteiger partial charge in [0.1, 0.15) is 0 Å². The molecule has 0 unspecified atom stereocenters. The number of hydrogen-bond acceptors (Lipinski definition) is 3. The predicted octanol–water partition coefficient (Wildman–Crippen LogP) is 1.50. The molecule has 0 aliphatic heterocycles. The molecule has 0 spiro atoms. The van der Waals surface area contributed by atoms with Crippen LogP contribution in [-0.2, 0) is 0 Å². The Morgan fingerprint density at radius 1 is 1.38 bits per heavy atom. The standard InChI is InChI=1S/C12H17N3O/c1-8-6-9(7-8)14-12(16)10-4-2-3-5-11(10)15-13/h2-5,8-9,15H,6-7,13H2,1H3,(H,14,16). The molecule has 1 aromatic carbocycles. The molecule has 1 saturated carbocycles. The van der Waals surface area contributed by atoms with Crippen LogP contribution in [0, 0.1) is 5.92 Å². The molecule has 0 radical (unpaired) electrons. The number of hydrazine groups is 1. The van der Waals surface area contributed by atoms with E-state index in [2.05, 4.69) is 17.7 Å². The molecule has 4 nitrogen and oxygen atoms in total. The first kappa shape index (κ1) is 11.0. The summed E-state index contributed by atoms with van der Waals surface area (Å²) in [7, 11) is 0. The van der Waals surface area contributed by atoms with Crippen molar-refractivity contribution >= 4 is 11.6 Å². The predicted molar refractivity (Wildman–Crippen MR) is 63.9 cm³/mol. The summed E-state index contributed by atoms with van der Waals surface area (Å²) in [5.41, 5.74) is 3.79. The molecule has 16 heavy (non-hydrogen) atoms. The van der Waals surface area contributed by atoms with Gasteiger partial charge in [-0.05, 0) is 30.9 Å². The highest BCUT2D eigenvalue weighted by atomic mass is 16.1. The van der Waals surface area contributed by atoms with Gasteiger partial charge in [-0.25, -0.2) is 0 Å². The topological polar surface area (TPSA) is 67.2 Å². The Bertz CT molecular complexity index is 386. The first-order valence-electron chi connectivity index (χ1n) is 5.57. The Labute approximate surface area is 95.2 Å². The van der Waals surface area contributed by atoms with E-state index >= 15 is 0 Å². The maximum Gasteiger partial charge on any atom is 0.253 e. The second-order valence-electron chi connectivity index (χ2n) is 4.44. The Hall–Kier alpha value is -1.55. The van der Waals surface area contributed by atoms with Crippen molar-refractivity contribution in [3.05, 3.63) is 29.8 Å². The number of anilines is 1. The van der Waals surface area contributed by atoms with Crippen LogP contribution >= 0.6 is 0 Å². The number of amides is 1. The lowest BCUT2D eigenvalue weighted by molar-refractivity contribution is 0.0897. The zero-order chi connectivity index (χ0) is 11.5. The number of nitrogens with one attached hydrogen (secondary N) is 2. The lowest BCUT2D eigenvalue weighted by Crippen LogP contribution is -2.43. The van der Waals surface area contributed by atoms with Crippen molar-refractivity contribution in [2.75, 3.05) is 5.43 Å². The molecule has 4 heteroatoms. The van der Waals surface area contributed by atoms with Gasteiger partial charge in [0.05, 0.1) is 11.3 Å². The zero-order valence-corrected chi connectivity index (χ0v) is 9.36. The van der Waals surface area contributed by atoms with Crippen LogP contribution in [0.3, 0.4) is 0 Å². The molecule has 1 aromatic rings. The first-order chi connectivity index (χ1) is 7.70. The number of nitrogen functional groups attached to an aromatic ring is 1. The average molecular weight is 219 g/mol. The van der Waals surface area contributed by atoms with Crippen molar-refractivity contribution in [3.63, 3.8) is 0 Å². The third-order valence-electron chi connectivity index (χ3n) is 3.04. The summed E-state index contributed by atoms with van der Waals surface area (Å²) >= 11 is 0. The van der Waals surface area contributed by atoms with Gasteiger partial charge in [0.15, 0.2) is 0 Å². The number of rotatable bonds is 3. The van der Waals surface area contributed by atoms with E-state index in [1.807, 2.05) is 12.1 Å². The maximum absolute atomic E-state index is 11.9. The average Bonchev–Trinajstić information content (AvgIpc) is 2.27. The monoisotopic (exact) mass is 219 g/mol. The lowest BCUT2D eigenvalue weighted by Gasteiger charge is -2.33. The molecular weight excluding hydrogens is 202 g/mol. The summed E-state index contributed by atoms with van der Waals surface area (Å²) in [6, 6.07) is 7.56. The minimum absolute atomic E-state index is 0.0505. The fraction of sp³-hybridized carbons (Fsp3) is 0.417. The number of carbonyl (C=O) groups is 1. The van der Waals surface area contributed by atoms with Crippen molar-refractivity contribution < 1.29 is 4.79 Å². The van der Waals surface area contributed by atoms with Gasteiger partial charge in [0.25, 0.3) is 5.91 Å². The number of hydrogen-bond donors (Lipinski definition) is 3. The number of para-hydroxylation sites is 1. The van der Waals surface area contributed by atoms with E-state index in [4.69, 9.17) is 5.84 Å². The lowest BCUT2D eigenvalue weighted by atomic mass is 9.82. The quantitative estimate of drug-likeness (QED) is 0.533. The molecule has 86 valence electrons. The molecular formula is C12H17N3O. The Morgan fingerprint density at radius 2 is 2.06 bits per heavy atom. The highest BCUT2D eigenvalue weighted by Crippen LogP contribution is 2.26. The molecule has 0 aromatic heterocycles. The van der Waals surface area contributed by atoms with E-state index in [9.17, 15) is 4.79 Å². The van der Waals surface area contributed by atoms with Crippen LogP contribution in [0.1, 0.15) is 30.1 Å². The van der Waals surface area contributed by atoms with E-state index in [-0.39, 0.29) is 5.91 Å². The second kappa shape index (κ2) is 4.53. The van der Waals surface area contributed by atoms with E-state index in [0.717, 1.165) is 18.8 Å². The van der Waals surface area contributed by atoms with Crippen LogP contribution in [0.4, 0.5) is 5.69 Å². The molecule has 4 N–H and O–H groups in total. The van der Waals surface area contributed by atoms with Crippen LogP contribution < -0.4 is 16.6 Å². The van der Waals surface area contributed by atoms with E-state index in [0.29, 0.717) is 17.3 Å². The third kappa shape index (κ3) is 2.17. The van der Waals surface area contributed by atoms with Crippen LogP contribution in [-0.4, -0.2) is 11.9 Å². The SMILES string of the molecule is CC1CC(NC(=O)c2ccccc2NN)C1. The second-order valence-corrected chi connectivity index (χ2v) is 4.44. The van der Waals surface area contributed by atoms with Gasteiger partial charge in [-0.3, -0.25) is 10.6 Å². The first-order valence-corrected chi connectivity index (χ1v) is 5.57. The molecule has 1 aliphatic carbocycles. The van der Waals surface area contributed by atoms with Crippen LogP contribution in [0.2, 0.25) is 0 Å². The van der Waals surface area contributed by atoms with Gasteiger partial charge in [-0.1, -0.05) is 19.1 Å². The van der Waals surface area contributed by atoms with Gasteiger partial charge in [0.2, 0.25) is 0 Å². The zero-order valence-electron chi connectivity index (χ0n) is 9.36. The summed E-state index contributed by atoms with van der Waals surface area (Å²) in [6.45, 7) is 2.19. The number of nitrogens with two attached hydrogens (primary N) is 1. The van der Waals surface area contributed by atoms with Gasteiger partial charge in [-0.15, -0.1) is 0 Å². The van der Waals surface area contributed by atoms with E-state index in [1.54, 1.807) is 12.1 Å². The number of benzene rings is 1. The van der Waals surface area contributed by atoms with Gasteiger partial charge >= 0.3 is 0 Å². The van der Waals surface area contributed by atoms with Crippen LogP contribution in [0.5, 0.6) is 0 Å². The highest BCUT2D eigenvalue weighted by Gasteiger charge is 2.27. The van der Waals surface area contributed by atoms with E-state index in [1.165, 1.54) is 0 Å². The summed E-state index contributed by atoms with van der Waals surface area (Å²) in [5, 5.41) is 3.00. The van der Waals surface area contributed by atoms with Crippen LogP contribution in [0.25, 0.3) is 0 Å². The van der Waals surface area contributed by atoms with Gasteiger partial charge in [-0.2, -0.15) is 0 Å². The highest BCUT2D eigenvalue weighted by molar-refractivity contribution is 5.99. The molecule has 0 bridgehead atoms. The largest absolute Gasteiger partial charge is 0.349 e. The van der Waals surface area contributed by atoms with Gasteiger partial charge < -0.3 is 10.7 Å². The fourth-order valence-corrected chi connectivity index (χ4v) is 2.09.